The van der Waals surface area contributed by atoms with Crippen LogP contribution in [-0.2, 0) is 5.54 Å². The molecule has 5 heteroatoms. The third-order valence-corrected chi connectivity index (χ3v) is 3.13. The van der Waals surface area contributed by atoms with Gasteiger partial charge in [0, 0.05) is 0 Å². The fraction of sp³-hybridized carbons (Fsp3) is 0.462. The molecular formula is C13H17N3O2. The molecule has 5 nitrogen and oxygen atoms in total. The average molecular weight is 247 g/mol. The van der Waals surface area contributed by atoms with Gasteiger partial charge in [0.05, 0.1) is 16.6 Å². The minimum Gasteiger partial charge on any atom is -0.478 e. The maximum Gasteiger partial charge on any atom is 0.335 e. The van der Waals surface area contributed by atoms with Crippen molar-refractivity contribution in [3.8, 4) is 0 Å². The highest BCUT2D eigenvalue weighted by Crippen LogP contribution is 2.25. The molecule has 1 N–H and O–H groups in total. The molecule has 1 aromatic carbocycles. The van der Waals surface area contributed by atoms with Crippen molar-refractivity contribution in [2.24, 2.45) is 0 Å². The first-order valence-electron chi connectivity index (χ1n) is 6.05. The number of aromatic nitrogens is 3. The second-order valence-electron chi connectivity index (χ2n) is 5.07. The van der Waals surface area contributed by atoms with Crippen molar-refractivity contribution >= 4 is 17.0 Å². The van der Waals surface area contributed by atoms with Crippen molar-refractivity contribution in [2.45, 2.75) is 39.2 Å². The molecule has 96 valence electrons. The Hall–Kier alpha value is -1.91. The van der Waals surface area contributed by atoms with Crippen LogP contribution in [-0.4, -0.2) is 26.1 Å². The topological polar surface area (TPSA) is 68.0 Å². The fourth-order valence-corrected chi connectivity index (χ4v) is 2.22. The van der Waals surface area contributed by atoms with E-state index in [2.05, 4.69) is 31.1 Å². The number of aromatic carboxylic acids is 1. The van der Waals surface area contributed by atoms with Crippen molar-refractivity contribution < 1.29 is 9.90 Å². The van der Waals surface area contributed by atoms with Gasteiger partial charge in [-0.05, 0) is 38.5 Å². The summed E-state index contributed by atoms with van der Waals surface area (Å²) >= 11 is 0. The highest BCUT2D eigenvalue weighted by Gasteiger charge is 2.23. The molecule has 0 aliphatic carbocycles. The lowest BCUT2D eigenvalue weighted by molar-refractivity contribution is 0.0697. The molecule has 2 aromatic rings. The molecule has 1 heterocycles. The first kappa shape index (κ1) is 12.5. The molecule has 0 bridgehead atoms. The number of fused-ring (bicyclic) bond motifs is 1. The first-order chi connectivity index (χ1) is 8.45. The summed E-state index contributed by atoms with van der Waals surface area (Å²) in [6.07, 6.45) is 2.05. The van der Waals surface area contributed by atoms with Crippen LogP contribution in [0, 0.1) is 0 Å². The second kappa shape index (κ2) is 4.40. The Morgan fingerprint density at radius 1 is 1.44 bits per heavy atom. The minimum atomic E-state index is -0.945. The second-order valence-corrected chi connectivity index (χ2v) is 5.07. The predicted molar refractivity (Wildman–Crippen MR) is 68.7 cm³/mol. The maximum atomic E-state index is 10.9. The van der Waals surface area contributed by atoms with Crippen molar-refractivity contribution in [3.05, 3.63) is 23.8 Å². The van der Waals surface area contributed by atoms with Crippen LogP contribution >= 0.6 is 0 Å². The highest BCUT2D eigenvalue weighted by atomic mass is 16.4. The van der Waals surface area contributed by atoms with Gasteiger partial charge in [-0.25, -0.2) is 9.48 Å². The lowest BCUT2D eigenvalue weighted by Crippen LogP contribution is -2.27. The lowest BCUT2D eigenvalue weighted by atomic mass is 9.99. The summed E-state index contributed by atoms with van der Waals surface area (Å²) < 4.78 is 1.87. The molecule has 0 aliphatic heterocycles. The summed E-state index contributed by atoms with van der Waals surface area (Å²) in [4.78, 5) is 10.9. The molecule has 0 aliphatic rings. The van der Waals surface area contributed by atoms with E-state index in [1.54, 1.807) is 18.2 Å². The molecule has 0 fully saturated rings. The van der Waals surface area contributed by atoms with E-state index in [1.165, 1.54) is 0 Å². The molecule has 0 spiro atoms. The minimum absolute atomic E-state index is 0.117. The quantitative estimate of drug-likeness (QED) is 0.901. The number of benzene rings is 1. The Bertz CT molecular complexity index is 587. The molecule has 0 atom stereocenters. The van der Waals surface area contributed by atoms with E-state index >= 15 is 0 Å². The molecule has 0 unspecified atom stereocenters. The average Bonchev–Trinajstić information content (AvgIpc) is 2.71. The van der Waals surface area contributed by atoms with Crippen LogP contribution in [0.2, 0.25) is 0 Å². The van der Waals surface area contributed by atoms with Crippen LogP contribution in [0.4, 0.5) is 0 Å². The van der Waals surface area contributed by atoms with E-state index in [0.29, 0.717) is 5.52 Å². The maximum absolute atomic E-state index is 10.9. The molecule has 2 rings (SSSR count). The monoisotopic (exact) mass is 247 g/mol. The van der Waals surface area contributed by atoms with Gasteiger partial charge in [-0.2, -0.15) is 0 Å². The Morgan fingerprint density at radius 2 is 2.17 bits per heavy atom. The predicted octanol–water partition coefficient (Wildman–Crippen LogP) is 2.66. The summed E-state index contributed by atoms with van der Waals surface area (Å²) in [6, 6.07) is 4.92. The van der Waals surface area contributed by atoms with Crippen LogP contribution in [0.3, 0.4) is 0 Å². The van der Waals surface area contributed by atoms with E-state index in [4.69, 9.17) is 5.11 Å². The Balaban J connectivity index is 2.52. The fourth-order valence-electron chi connectivity index (χ4n) is 2.22. The van der Waals surface area contributed by atoms with Crippen LogP contribution in [0.5, 0.6) is 0 Å². The largest absolute Gasteiger partial charge is 0.478 e. The zero-order chi connectivity index (χ0) is 13.3. The zero-order valence-corrected chi connectivity index (χ0v) is 10.8. The van der Waals surface area contributed by atoms with Crippen LogP contribution < -0.4 is 0 Å². The van der Waals surface area contributed by atoms with Gasteiger partial charge in [-0.15, -0.1) is 5.10 Å². The molecule has 18 heavy (non-hydrogen) atoms. The Kier molecular flexibility index (Phi) is 3.07. The Labute approximate surface area is 105 Å². The van der Waals surface area contributed by atoms with Gasteiger partial charge < -0.3 is 5.11 Å². The van der Waals surface area contributed by atoms with Crippen LogP contribution in [0.15, 0.2) is 18.2 Å². The van der Waals surface area contributed by atoms with Gasteiger partial charge >= 0.3 is 5.97 Å². The van der Waals surface area contributed by atoms with Gasteiger partial charge in [0.15, 0.2) is 0 Å². The number of hydrogen-bond donors (Lipinski definition) is 1. The SMILES string of the molecule is CCCC(C)(C)n1nnc2cc(C(=O)O)ccc21. The smallest absolute Gasteiger partial charge is 0.335 e. The van der Waals surface area contributed by atoms with Crippen molar-refractivity contribution in [1.82, 2.24) is 15.0 Å². The van der Waals surface area contributed by atoms with Gasteiger partial charge in [0.2, 0.25) is 0 Å². The van der Waals surface area contributed by atoms with Crippen molar-refractivity contribution in [1.29, 1.82) is 0 Å². The zero-order valence-electron chi connectivity index (χ0n) is 10.8. The molecule has 0 saturated heterocycles. The van der Waals surface area contributed by atoms with E-state index in [0.717, 1.165) is 18.4 Å². The molecule has 1 aromatic heterocycles. The van der Waals surface area contributed by atoms with Crippen molar-refractivity contribution in [3.63, 3.8) is 0 Å². The van der Waals surface area contributed by atoms with Gasteiger partial charge in [-0.3, -0.25) is 0 Å². The van der Waals surface area contributed by atoms with Crippen molar-refractivity contribution in [2.75, 3.05) is 0 Å². The Morgan fingerprint density at radius 3 is 2.78 bits per heavy atom. The summed E-state index contributed by atoms with van der Waals surface area (Å²) in [5, 5.41) is 17.2. The molecular weight excluding hydrogens is 230 g/mol. The number of nitrogens with zero attached hydrogens (tertiary/aromatic N) is 3. The summed E-state index contributed by atoms with van der Waals surface area (Å²) in [5.41, 5.74) is 1.62. The third-order valence-electron chi connectivity index (χ3n) is 3.13. The number of carboxylic acids is 1. The normalized spacial score (nSPS) is 11.9. The number of rotatable bonds is 4. The highest BCUT2D eigenvalue weighted by molar-refractivity contribution is 5.92. The number of carboxylic acid groups (broad SMARTS) is 1. The van der Waals surface area contributed by atoms with E-state index < -0.39 is 5.97 Å². The van der Waals surface area contributed by atoms with Crippen LogP contribution in [0.1, 0.15) is 44.0 Å². The summed E-state index contributed by atoms with van der Waals surface area (Å²) in [7, 11) is 0. The molecule has 0 saturated carbocycles. The lowest BCUT2D eigenvalue weighted by Gasteiger charge is -2.24. The third kappa shape index (κ3) is 2.08. The summed E-state index contributed by atoms with van der Waals surface area (Å²) in [6.45, 7) is 6.34. The van der Waals surface area contributed by atoms with E-state index in [-0.39, 0.29) is 11.1 Å². The first-order valence-corrected chi connectivity index (χ1v) is 6.05. The molecule has 0 amide bonds. The van der Waals surface area contributed by atoms with Gasteiger partial charge in [0.25, 0.3) is 0 Å². The van der Waals surface area contributed by atoms with E-state index in [9.17, 15) is 4.79 Å². The summed E-state index contributed by atoms with van der Waals surface area (Å²) in [5.74, 6) is -0.945. The molecule has 0 radical (unpaired) electrons. The van der Waals surface area contributed by atoms with Gasteiger partial charge in [-0.1, -0.05) is 18.6 Å². The number of hydrogen-bond acceptors (Lipinski definition) is 3. The van der Waals surface area contributed by atoms with E-state index in [1.807, 2.05) is 4.68 Å². The number of carbonyl (C=O) groups is 1. The van der Waals surface area contributed by atoms with Gasteiger partial charge in [0.1, 0.15) is 5.52 Å². The van der Waals surface area contributed by atoms with Crippen LogP contribution in [0.25, 0.3) is 11.0 Å². The standard InChI is InChI=1S/C13H17N3O2/c1-4-7-13(2,3)16-11-6-5-9(12(17)18)8-10(11)14-15-16/h5-6,8H,4,7H2,1-3H3,(H,17,18).